The van der Waals surface area contributed by atoms with E-state index < -0.39 is 0 Å². The van der Waals surface area contributed by atoms with Gasteiger partial charge in [0.1, 0.15) is 0 Å². The fraction of sp³-hybridized carbons (Fsp3) is 0.143. The smallest absolute Gasteiger partial charge is 0.228 e. The van der Waals surface area contributed by atoms with Crippen molar-refractivity contribution >= 4 is 17.3 Å². The van der Waals surface area contributed by atoms with E-state index in [0.29, 0.717) is 17.8 Å². The molecule has 1 heterocycles. The van der Waals surface area contributed by atoms with Crippen LogP contribution in [0, 0.1) is 6.92 Å². The van der Waals surface area contributed by atoms with Gasteiger partial charge < -0.3 is 11.1 Å². The predicted molar refractivity (Wildman–Crippen MR) is 72.2 cm³/mol. The van der Waals surface area contributed by atoms with Gasteiger partial charge in [0.05, 0.1) is 24.0 Å². The van der Waals surface area contributed by atoms with Gasteiger partial charge in [-0.3, -0.25) is 9.78 Å². The Labute approximate surface area is 106 Å². The first-order valence-electron chi connectivity index (χ1n) is 5.70. The number of carbonyl (C=O) groups is 1. The molecule has 92 valence electrons. The Morgan fingerprint density at radius 2 is 2.22 bits per heavy atom. The largest absolute Gasteiger partial charge is 0.396 e. The summed E-state index contributed by atoms with van der Waals surface area (Å²) in [6.07, 6.45) is 3.45. The number of hydrogen-bond acceptors (Lipinski definition) is 3. The van der Waals surface area contributed by atoms with Crippen molar-refractivity contribution in [1.82, 2.24) is 4.98 Å². The molecule has 18 heavy (non-hydrogen) atoms. The Balaban J connectivity index is 2.03. The van der Waals surface area contributed by atoms with Crippen LogP contribution in [0.25, 0.3) is 0 Å². The van der Waals surface area contributed by atoms with E-state index in [4.69, 9.17) is 5.73 Å². The third kappa shape index (κ3) is 3.07. The highest BCUT2D eigenvalue weighted by Crippen LogP contribution is 2.15. The second-order valence-electron chi connectivity index (χ2n) is 4.18. The van der Waals surface area contributed by atoms with Crippen molar-refractivity contribution in [1.29, 1.82) is 0 Å². The molecule has 0 aliphatic heterocycles. The molecule has 1 amide bonds. The van der Waals surface area contributed by atoms with Gasteiger partial charge in [-0.15, -0.1) is 0 Å². The second kappa shape index (κ2) is 5.31. The summed E-state index contributed by atoms with van der Waals surface area (Å²) in [7, 11) is 0. The van der Waals surface area contributed by atoms with Gasteiger partial charge in [0.2, 0.25) is 5.91 Å². The lowest BCUT2D eigenvalue weighted by atomic mass is 10.1. The molecule has 0 radical (unpaired) electrons. The maximum Gasteiger partial charge on any atom is 0.228 e. The molecule has 1 aromatic carbocycles. The van der Waals surface area contributed by atoms with Gasteiger partial charge in [-0.05, 0) is 18.6 Å². The highest BCUT2D eigenvalue weighted by Gasteiger charge is 2.06. The molecule has 0 saturated carbocycles. The van der Waals surface area contributed by atoms with Crippen molar-refractivity contribution in [2.75, 3.05) is 11.1 Å². The number of nitrogens with zero attached hydrogens (tertiary/aromatic N) is 1. The molecule has 0 bridgehead atoms. The molecule has 3 N–H and O–H groups in total. The third-order valence-corrected chi connectivity index (χ3v) is 2.57. The quantitative estimate of drug-likeness (QED) is 0.865. The minimum atomic E-state index is -0.0847. The molecule has 2 rings (SSSR count). The van der Waals surface area contributed by atoms with Crippen LogP contribution < -0.4 is 11.1 Å². The zero-order chi connectivity index (χ0) is 13.0. The number of aryl methyl sites for hydroxylation is 1. The molecule has 0 aliphatic carbocycles. The first kappa shape index (κ1) is 12.1. The Morgan fingerprint density at radius 3 is 2.94 bits per heavy atom. The average molecular weight is 241 g/mol. The van der Waals surface area contributed by atoms with Crippen molar-refractivity contribution in [2.45, 2.75) is 13.3 Å². The lowest BCUT2D eigenvalue weighted by Gasteiger charge is -2.07. The van der Waals surface area contributed by atoms with Crippen molar-refractivity contribution in [3.05, 3.63) is 53.9 Å². The summed E-state index contributed by atoms with van der Waals surface area (Å²) in [5.41, 5.74) is 8.91. The SMILES string of the molecule is Cc1cccc(CC(=O)Nc2ccncc2N)c1. The summed E-state index contributed by atoms with van der Waals surface area (Å²) in [5.74, 6) is -0.0847. The number of pyridine rings is 1. The van der Waals surface area contributed by atoms with E-state index in [1.165, 1.54) is 6.20 Å². The molecule has 0 unspecified atom stereocenters. The zero-order valence-electron chi connectivity index (χ0n) is 10.2. The van der Waals surface area contributed by atoms with Crippen LogP contribution in [-0.2, 0) is 11.2 Å². The number of rotatable bonds is 3. The third-order valence-electron chi connectivity index (χ3n) is 2.57. The number of nitrogen functional groups attached to an aromatic ring is 1. The maximum atomic E-state index is 11.9. The fourth-order valence-corrected chi connectivity index (χ4v) is 1.72. The van der Waals surface area contributed by atoms with Crippen LogP contribution in [0.4, 0.5) is 11.4 Å². The van der Waals surface area contributed by atoms with Crippen LogP contribution in [0.15, 0.2) is 42.7 Å². The van der Waals surface area contributed by atoms with Gasteiger partial charge in [-0.25, -0.2) is 0 Å². The first-order chi connectivity index (χ1) is 8.65. The Bertz CT molecular complexity index is 566. The minimum absolute atomic E-state index is 0.0847. The standard InChI is InChI=1S/C14H15N3O/c1-10-3-2-4-11(7-10)8-14(18)17-13-5-6-16-9-12(13)15/h2-7,9H,8,15H2,1H3,(H,16,17,18). The van der Waals surface area contributed by atoms with Crippen molar-refractivity contribution in [3.63, 3.8) is 0 Å². The number of nitrogens with one attached hydrogen (secondary N) is 1. The van der Waals surface area contributed by atoms with Gasteiger partial charge in [-0.2, -0.15) is 0 Å². The number of carbonyl (C=O) groups excluding carboxylic acids is 1. The molecule has 0 saturated heterocycles. The van der Waals surface area contributed by atoms with Crippen LogP contribution in [0.2, 0.25) is 0 Å². The van der Waals surface area contributed by atoms with E-state index in [1.54, 1.807) is 12.3 Å². The van der Waals surface area contributed by atoms with Crippen molar-refractivity contribution < 1.29 is 4.79 Å². The Hall–Kier alpha value is -2.36. The van der Waals surface area contributed by atoms with E-state index in [2.05, 4.69) is 10.3 Å². The van der Waals surface area contributed by atoms with Crippen LogP contribution in [0.5, 0.6) is 0 Å². The van der Waals surface area contributed by atoms with Crippen molar-refractivity contribution in [2.24, 2.45) is 0 Å². The highest BCUT2D eigenvalue weighted by molar-refractivity contribution is 5.94. The van der Waals surface area contributed by atoms with Gasteiger partial charge in [0, 0.05) is 6.20 Å². The number of anilines is 2. The minimum Gasteiger partial charge on any atom is -0.396 e. The first-order valence-corrected chi connectivity index (χ1v) is 5.70. The number of amides is 1. The van der Waals surface area contributed by atoms with Gasteiger partial charge in [0.25, 0.3) is 0 Å². The number of benzene rings is 1. The van der Waals surface area contributed by atoms with E-state index in [-0.39, 0.29) is 5.91 Å². The van der Waals surface area contributed by atoms with Gasteiger partial charge in [-0.1, -0.05) is 29.8 Å². The van der Waals surface area contributed by atoms with Crippen LogP contribution in [0.3, 0.4) is 0 Å². The fourth-order valence-electron chi connectivity index (χ4n) is 1.72. The lowest BCUT2D eigenvalue weighted by Crippen LogP contribution is -2.15. The highest BCUT2D eigenvalue weighted by atomic mass is 16.1. The molecular formula is C14H15N3O. The summed E-state index contributed by atoms with van der Waals surface area (Å²) in [6.45, 7) is 2.00. The number of aromatic nitrogens is 1. The molecule has 4 nitrogen and oxygen atoms in total. The summed E-state index contributed by atoms with van der Waals surface area (Å²) >= 11 is 0. The molecule has 0 spiro atoms. The van der Waals surface area contributed by atoms with E-state index >= 15 is 0 Å². The molecule has 0 fully saturated rings. The predicted octanol–water partition coefficient (Wildman–Crippen LogP) is 2.15. The van der Waals surface area contributed by atoms with Crippen LogP contribution in [-0.4, -0.2) is 10.9 Å². The monoisotopic (exact) mass is 241 g/mol. The number of nitrogens with two attached hydrogens (primary N) is 1. The van der Waals surface area contributed by atoms with Crippen LogP contribution in [0.1, 0.15) is 11.1 Å². The summed E-state index contributed by atoms with van der Waals surface area (Å²) in [4.78, 5) is 15.7. The molecule has 4 heteroatoms. The molecule has 0 aliphatic rings. The van der Waals surface area contributed by atoms with E-state index in [1.807, 2.05) is 31.2 Å². The summed E-state index contributed by atoms with van der Waals surface area (Å²) < 4.78 is 0. The van der Waals surface area contributed by atoms with Crippen LogP contribution >= 0.6 is 0 Å². The average Bonchev–Trinajstić information content (AvgIpc) is 2.32. The number of hydrogen-bond donors (Lipinski definition) is 2. The topological polar surface area (TPSA) is 68.0 Å². The second-order valence-corrected chi connectivity index (χ2v) is 4.18. The normalized spacial score (nSPS) is 10.1. The molecular weight excluding hydrogens is 226 g/mol. The van der Waals surface area contributed by atoms with E-state index in [0.717, 1.165) is 11.1 Å². The van der Waals surface area contributed by atoms with Gasteiger partial charge >= 0.3 is 0 Å². The summed E-state index contributed by atoms with van der Waals surface area (Å²) in [6, 6.07) is 9.56. The molecule has 0 atom stereocenters. The molecule has 2 aromatic rings. The zero-order valence-corrected chi connectivity index (χ0v) is 10.2. The Morgan fingerprint density at radius 1 is 1.39 bits per heavy atom. The maximum absolute atomic E-state index is 11.9. The summed E-state index contributed by atoms with van der Waals surface area (Å²) in [5, 5.41) is 2.77. The molecule has 1 aromatic heterocycles. The van der Waals surface area contributed by atoms with E-state index in [9.17, 15) is 4.79 Å². The van der Waals surface area contributed by atoms with Crippen molar-refractivity contribution in [3.8, 4) is 0 Å². The lowest BCUT2D eigenvalue weighted by molar-refractivity contribution is -0.115. The van der Waals surface area contributed by atoms with Gasteiger partial charge in [0.15, 0.2) is 0 Å². The Kier molecular flexibility index (Phi) is 3.57.